The second kappa shape index (κ2) is 5.03. The molecular weight excluding hydrogens is 166 g/mol. The van der Waals surface area contributed by atoms with Gasteiger partial charge in [-0.3, -0.25) is 4.79 Å². The van der Waals surface area contributed by atoms with Gasteiger partial charge in [0.2, 0.25) is 6.54 Å². The molecule has 4 nitrogen and oxygen atoms in total. The Hall–Kier alpha value is -1.71. The Morgan fingerprint density at radius 2 is 2.08 bits per heavy atom. The summed E-state index contributed by atoms with van der Waals surface area (Å²) in [5, 5.41) is 4.43. The maximum atomic E-state index is 10.9. The average molecular weight is 177 g/mol. The van der Waals surface area contributed by atoms with E-state index in [1.165, 1.54) is 0 Å². The molecule has 0 radical (unpaired) electrons. The van der Waals surface area contributed by atoms with Crippen LogP contribution in [0.3, 0.4) is 0 Å². The Kier molecular flexibility index (Phi) is 3.63. The van der Waals surface area contributed by atoms with Crippen molar-refractivity contribution in [2.75, 3.05) is 6.54 Å². The van der Waals surface area contributed by atoms with Crippen molar-refractivity contribution in [3.05, 3.63) is 41.4 Å². The number of benzene rings is 1. The molecule has 0 aromatic heterocycles. The number of nitrogens with one attached hydrogen (secondary N) is 2. The van der Waals surface area contributed by atoms with Gasteiger partial charge in [-0.1, -0.05) is 30.3 Å². The molecule has 0 aliphatic heterocycles. The zero-order valence-electron chi connectivity index (χ0n) is 7.16. The molecule has 0 aliphatic rings. The number of hydrogen-bond acceptors (Lipinski definition) is 1. The fraction of sp³-hybridized carbons (Fsp3) is 0.222. The van der Waals surface area contributed by atoms with Crippen LogP contribution in [0.2, 0.25) is 0 Å². The zero-order chi connectivity index (χ0) is 9.52. The van der Waals surface area contributed by atoms with Crippen LogP contribution in [0.1, 0.15) is 5.56 Å². The lowest BCUT2D eigenvalue weighted by atomic mass is 10.2. The van der Waals surface area contributed by atoms with Crippen LogP contribution in [-0.4, -0.2) is 12.5 Å². The quantitative estimate of drug-likeness (QED) is 0.593. The first-order chi connectivity index (χ1) is 6.33. The van der Waals surface area contributed by atoms with E-state index in [1.807, 2.05) is 30.3 Å². The van der Waals surface area contributed by atoms with Crippen LogP contribution >= 0.6 is 0 Å². The van der Waals surface area contributed by atoms with Gasteiger partial charge >= 0.3 is 0 Å². The third-order valence-electron chi connectivity index (χ3n) is 1.57. The van der Waals surface area contributed by atoms with E-state index in [-0.39, 0.29) is 12.5 Å². The molecule has 0 atom stereocenters. The van der Waals surface area contributed by atoms with Gasteiger partial charge in [0, 0.05) is 6.54 Å². The smallest absolute Gasteiger partial charge is 0.284 e. The summed E-state index contributed by atoms with van der Waals surface area (Å²) in [4.78, 5) is 10.9. The van der Waals surface area contributed by atoms with Crippen LogP contribution in [0.5, 0.6) is 0 Å². The molecule has 0 heterocycles. The molecule has 13 heavy (non-hydrogen) atoms. The SMILES string of the molecule is [N-]=[NH+]CC(=O)NCc1ccccc1. The van der Waals surface area contributed by atoms with E-state index >= 15 is 0 Å². The molecule has 0 fully saturated rings. The molecular formula is C9H11N3O. The highest BCUT2D eigenvalue weighted by molar-refractivity contribution is 5.76. The maximum Gasteiger partial charge on any atom is 0.284 e. The minimum Gasteiger partial charge on any atom is -0.508 e. The highest BCUT2D eigenvalue weighted by atomic mass is 16.1. The number of rotatable bonds is 4. The van der Waals surface area contributed by atoms with E-state index in [2.05, 4.69) is 5.32 Å². The summed E-state index contributed by atoms with van der Waals surface area (Å²) in [6.07, 6.45) is 0. The van der Waals surface area contributed by atoms with Gasteiger partial charge in [-0.15, -0.1) is 0 Å². The Labute approximate surface area is 76.5 Å². The van der Waals surface area contributed by atoms with Crippen molar-refractivity contribution in [2.24, 2.45) is 0 Å². The van der Waals surface area contributed by atoms with Gasteiger partial charge in [0.05, 0.1) is 0 Å². The van der Waals surface area contributed by atoms with Gasteiger partial charge in [0.15, 0.2) is 0 Å². The summed E-state index contributed by atoms with van der Waals surface area (Å²) >= 11 is 0. The number of carbonyl (C=O) groups is 1. The monoisotopic (exact) mass is 177 g/mol. The first kappa shape index (κ1) is 9.38. The van der Waals surface area contributed by atoms with Crippen molar-refractivity contribution in [1.29, 1.82) is 0 Å². The van der Waals surface area contributed by atoms with Crippen LogP contribution in [0, 0.1) is 0 Å². The molecule has 1 aromatic rings. The van der Waals surface area contributed by atoms with Gasteiger partial charge in [-0.2, -0.15) is 0 Å². The first-order valence-electron chi connectivity index (χ1n) is 4.00. The predicted molar refractivity (Wildman–Crippen MR) is 47.5 cm³/mol. The lowest BCUT2D eigenvalue weighted by Crippen LogP contribution is -2.67. The van der Waals surface area contributed by atoms with Gasteiger partial charge in [0.1, 0.15) is 0 Å². The summed E-state index contributed by atoms with van der Waals surface area (Å²) < 4.78 is 0. The molecule has 0 saturated heterocycles. The fourth-order valence-corrected chi connectivity index (χ4v) is 0.931. The summed E-state index contributed by atoms with van der Waals surface area (Å²) in [7, 11) is 0. The van der Waals surface area contributed by atoms with E-state index in [1.54, 1.807) is 5.11 Å². The van der Waals surface area contributed by atoms with Gasteiger partial charge in [-0.05, 0) is 5.56 Å². The van der Waals surface area contributed by atoms with Crippen LogP contribution in [-0.2, 0) is 11.3 Å². The normalized spacial score (nSPS) is 9.23. The maximum absolute atomic E-state index is 10.9. The second-order valence-corrected chi connectivity index (χ2v) is 2.60. The average Bonchev–Trinajstić information content (AvgIpc) is 2.17. The molecule has 0 saturated carbocycles. The van der Waals surface area contributed by atoms with Gasteiger partial charge in [-0.25, -0.2) is 0 Å². The van der Waals surface area contributed by atoms with Gasteiger partial charge in [0.25, 0.3) is 5.91 Å². The highest BCUT2D eigenvalue weighted by Gasteiger charge is 1.99. The third kappa shape index (κ3) is 3.46. The molecule has 1 amide bonds. The van der Waals surface area contributed by atoms with Crippen molar-refractivity contribution >= 4 is 5.91 Å². The Morgan fingerprint density at radius 1 is 1.38 bits per heavy atom. The van der Waals surface area contributed by atoms with Crippen molar-refractivity contribution in [3.63, 3.8) is 0 Å². The fourth-order valence-electron chi connectivity index (χ4n) is 0.931. The topological polar surface area (TPSA) is 65.4 Å². The summed E-state index contributed by atoms with van der Waals surface area (Å²) in [6, 6.07) is 9.58. The molecule has 0 aliphatic carbocycles. The van der Waals surface area contributed by atoms with Crippen LogP contribution in [0.15, 0.2) is 30.3 Å². The van der Waals surface area contributed by atoms with Crippen LogP contribution in [0.4, 0.5) is 0 Å². The molecule has 0 bridgehead atoms. The number of nitrogens with zero attached hydrogens (tertiary/aromatic N) is 1. The predicted octanol–water partition coefficient (Wildman–Crippen LogP) is -0.595. The summed E-state index contributed by atoms with van der Waals surface area (Å²) in [5.74, 6) is -0.230. The molecule has 68 valence electrons. The van der Waals surface area contributed by atoms with E-state index in [4.69, 9.17) is 5.53 Å². The molecule has 1 aromatic carbocycles. The van der Waals surface area contributed by atoms with Crippen molar-refractivity contribution in [2.45, 2.75) is 6.54 Å². The number of carbonyl (C=O) groups excluding carboxylic acids is 1. The lowest BCUT2D eigenvalue weighted by Gasteiger charge is -2.01. The number of amides is 1. The third-order valence-corrected chi connectivity index (χ3v) is 1.57. The standard InChI is InChI=1S/C9H11N3O/c10-12-7-9(13)11-6-8-4-2-1-3-5-8/h1-5,12H,6-7H2,(H,11,13). The Morgan fingerprint density at radius 3 is 2.69 bits per heavy atom. The van der Waals surface area contributed by atoms with Gasteiger partial charge < -0.3 is 16.0 Å². The van der Waals surface area contributed by atoms with E-state index < -0.39 is 0 Å². The van der Waals surface area contributed by atoms with Crippen LogP contribution in [0.25, 0.3) is 5.53 Å². The Balaban J connectivity index is 2.35. The van der Waals surface area contributed by atoms with Crippen molar-refractivity contribution in [1.82, 2.24) is 5.32 Å². The zero-order valence-corrected chi connectivity index (χ0v) is 7.16. The van der Waals surface area contributed by atoms with E-state index in [0.29, 0.717) is 6.54 Å². The van der Waals surface area contributed by atoms with Crippen LogP contribution < -0.4 is 10.4 Å². The Bertz CT molecular complexity index is 284. The highest BCUT2D eigenvalue weighted by Crippen LogP contribution is 1.96. The molecule has 0 spiro atoms. The second-order valence-electron chi connectivity index (χ2n) is 2.60. The minimum atomic E-state index is -0.230. The molecule has 4 heteroatoms. The first-order valence-corrected chi connectivity index (χ1v) is 4.00. The number of hydrogen-bond donors (Lipinski definition) is 2. The lowest BCUT2D eigenvalue weighted by molar-refractivity contribution is -0.467. The van der Waals surface area contributed by atoms with E-state index in [0.717, 1.165) is 5.56 Å². The largest absolute Gasteiger partial charge is 0.508 e. The molecule has 1 rings (SSSR count). The summed E-state index contributed by atoms with van der Waals surface area (Å²) in [5.41, 5.74) is 9.26. The summed E-state index contributed by atoms with van der Waals surface area (Å²) in [6.45, 7) is 0.411. The van der Waals surface area contributed by atoms with E-state index in [9.17, 15) is 4.79 Å². The van der Waals surface area contributed by atoms with Crippen molar-refractivity contribution in [3.8, 4) is 0 Å². The van der Waals surface area contributed by atoms with Crippen molar-refractivity contribution < 1.29 is 9.91 Å². The molecule has 0 unspecified atom stereocenters. The molecule has 2 N–H and O–H groups in total. The minimum absolute atomic E-state index is 0.0766.